The fourth-order valence-corrected chi connectivity index (χ4v) is 3.32. The molecule has 0 unspecified atom stereocenters. The number of halogens is 1. The summed E-state index contributed by atoms with van der Waals surface area (Å²) in [5.41, 5.74) is 4.49. The predicted octanol–water partition coefficient (Wildman–Crippen LogP) is 4.40. The molecule has 2 aromatic rings. The SMILES string of the molecule is Cc1cc(C(C)C)c(/C=C/[C@@H]2C[C@@H](O)CC(=O)O2)c(-c2ccc(F)cc2)n1. The molecule has 142 valence electrons. The maximum atomic E-state index is 13.3. The van der Waals surface area contributed by atoms with E-state index in [1.165, 1.54) is 12.1 Å². The highest BCUT2D eigenvalue weighted by Gasteiger charge is 2.25. The van der Waals surface area contributed by atoms with Crippen LogP contribution in [0.15, 0.2) is 36.4 Å². The van der Waals surface area contributed by atoms with Crippen LogP contribution in [-0.2, 0) is 9.53 Å². The van der Waals surface area contributed by atoms with Crippen molar-refractivity contribution in [3.63, 3.8) is 0 Å². The topological polar surface area (TPSA) is 59.4 Å². The average molecular weight is 369 g/mol. The first-order chi connectivity index (χ1) is 12.8. The first kappa shape index (κ1) is 19.2. The Morgan fingerprint density at radius 1 is 1.30 bits per heavy atom. The van der Waals surface area contributed by atoms with Gasteiger partial charge < -0.3 is 9.84 Å². The number of aliphatic hydroxyl groups excluding tert-OH is 1. The van der Waals surface area contributed by atoms with Crippen LogP contribution in [0.3, 0.4) is 0 Å². The van der Waals surface area contributed by atoms with E-state index >= 15 is 0 Å². The van der Waals surface area contributed by atoms with Gasteiger partial charge in [-0.1, -0.05) is 19.9 Å². The highest BCUT2D eigenvalue weighted by Crippen LogP contribution is 2.31. The molecule has 2 atom stereocenters. The van der Waals surface area contributed by atoms with Crippen LogP contribution in [0.2, 0.25) is 0 Å². The van der Waals surface area contributed by atoms with Gasteiger partial charge in [-0.2, -0.15) is 0 Å². The number of ether oxygens (including phenoxy) is 1. The number of aliphatic hydroxyl groups is 1. The lowest BCUT2D eigenvalue weighted by Crippen LogP contribution is -2.31. The van der Waals surface area contributed by atoms with Gasteiger partial charge in [0, 0.05) is 23.2 Å². The number of esters is 1. The van der Waals surface area contributed by atoms with Crippen molar-refractivity contribution in [3.8, 4) is 11.3 Å². The standard InChI is InChI=1S/C22H24FNO3/c1-13(2)20-10-14(3)24-22(15-4-6-16(23)7-5-15)19(20)9-8-18-11-17(25)12-21(26)27-18/h4-10,13,17-18,25H,11-12H2,1-3H3/b9-8+/t17-,18-/m1/s1. The number of aryl methyl sites for hydroxylation is 1. The molecule has 0 saturated carbocycles. The van der Waals surface area contributed by atoms with E-state index in [4.69, 9.17) is 4.74 Å². The Hall–Kier alpha value is -2.53. The molecule has 27 heavy (non-hydrogen) atoms. The minimum Gasteiger partial charge on any atom is -0.458 e. The average Bonchev–Trinajstić information content (AvgIpc) is 2.59. The lowest BCUT2D eigenvalue weighted by molar-refractivity contribution is -0.156. The number of aromatic nitrogens is 1. The lowest BCUT2D eigenvalue weighted by Gasteiger charge is -2.24. The second-order valence-electron chi connectivity index (χ2n) is 7.26. The van der Waals surface area contributed by atoms with Crippen LogP contribution in [0.5, 0.6) is 0 Å². The van der Waals surface area contributed by atoms with Crippen LogP contribution >= 0.6 is 0 Å². The summed E-state index contributed by atoms with van der Waals surface area (Å²) in [7, 11) is 0. The summed E-state index contributed by atoms with van der Waals surface area (Å²) in [5.74, 6) is -0.436. The largest absolute Gasteiger partial charge is 0.458 e. The van der Waals surface area contributed by atoms with Gasteiger partial charge in [-0.15, -0.1) is 0 Å². The van der Waals surface area contributed by atoms with Crippen LogP contribution in [0.1, 0.15) is 49.4 Å². The zero-order valence-corrected chi connectivity index (χ0v) is 15.8. The van der Waals surface area contributed by atoms with Crippen LogP contribution in [0, 0.1) is 12.7 Å². The number of hydrogen-bond donors (Lipinski definition) is 1. The quantitative estimate of drug-likeness (QED) is 0.812. The summed E-state index contributed by atoms with van der Waals surface area (Å²) in [4.78, 5) is 16.3. The van der Waals surface area contributed by atoms with Gasteiger partial charge in [0.2, 0.25) is 0 Å². The predicted molar refractivity (Wildman–Crippen MR) is 103 cm³/mol. The number of nitrogens with zero attached hydrogens (tertiary/aromatic N) is 1. The third-order valence-corrected chi connectivity index (χ3v) is 4.63. The van der Waals surface area contributed by atoms with E-state index in [0.29, 0.717) is 6.42 Å². The van der Waals surface area contributed by atoms with Crippen molar-refractivity contribution in [2.75, 3.05) is 0 Å². The van der Waals surface area contributed by atoms with E-state index in [2.05, 4.69) is 18.8 Å². The smallest absolute Gasteiger partial charge is 0.309 e. The van der Waals surface area contributed by atoms with Crippen LogP contribution in [0.4, 0.5) is 4.39 Å². The van der Waals surface area contributed by atoms with Gasteiger partial charge in [0.1, 0.15) is 11.9 Å². The van der Waals surface area contributed by atoms with E-state index in [-0.39, 0.29) is 18.2 Å². The third kappa shape index (κ3) is 4.61. The Morgan fingerprint density at radius 2 is 2.00 bits per heavy atom. The Morgan fingerprint density at radius 3 is 2.63 bits per heavy atom. The summed E-state index contributed by atoms with van der Waals surface area (Å²) in [5, 5.41) is 9.80. The zero-order chi connectivity index (χ0) is 19.6. The minimum atomic E-state index is -0.682. The summed E-state index contributed by atoms with van der Waals surface area (Å²) >= 11 is 0. The molecular formula is C22H24FNO3. The molecule has 1 aromatic heterocycles. The van der Waals surface area contributed by atoms with Crippen LogP contribution in [-0.4, -0.2) is 28.3 Å². The molecule has 1 N–H and O–H groups in total. The Bertz CT molecular complexity index is 859. The summed E-state index contributed by atoms with van der Waals surface area (Å²) in [6, 6.07) is 8.30. The zero-order valence-electron chi connectivity index (χ0n) is 15.8. The van der Waals surface area contributed by atoms with E-state index < -0.39 is 18.2 Å². The van der Waals surface area contributed by atoms with E-state index in [0.717, 1.165) is 28.1 Å². The molecule has 5 heteroatoms. The van der Waals surface area contributed by atoms with Crippen molar-refractivity contribution in [1.29, 1.82) is 0 Å². The van der Waals surface area contributed by atoms with Gasteiger partial charge in [0.25, 0.3) is 0 Å². The molecule has 1 fully saturated rings. The second-order valence-corrected chi connectivity index (χ2v) is 7.26. The van der Waals surface area contributed by atoms with Gasteiger partial charge in [-0.25, -0.2) is 4.39 Å². The van der Waals surface area contributed by atoms with Gasteiger partial charge in [-0.3, -0.25) is 9.78 Å². The first-order valence-corrected chi connectivity index (χ1v) is 9.16. The van der Waals surface area contributed by atoms with Crippen molar-refractivity contribution in [3.05, 3.63) is 59.0 Å². The van der Waals surface area contributed by atoms with Crippen molar-refractivity contribution in [2.45, 2.75) is 51.7 Å². The fraction of sp³-hybridized carbons (Fsp3) is 0.364. The number of benzene rings is 1. The number of pyridine rings is 1. The molecule has 0 radical (unpaired) electrons. The molecule has 4 nitrogen and oxygen atoms in total. The monoisotopic (exact) mass is 369 g/mol. The van der Waals surface area contributed by atoms with Crippen molar-refractivity contribution in [1.82, 2.24) is 4.98 Å². The number of carbonyl (C=O) groups is 1. The maximum Gasteiger partial charge on any atom is 0.309 e. The maximum absolute atomic E-state index is 13.3. The van der Waals surface area contributed by atoms with Gasteiger partial charge >= 0.3 is 5.97 Å². The van der Waals surface area contributed by atoms with Crippen molar-refractivity contribution >= 4 is 12.0 Å². The molecule has 0 aliphatic carbocycles. The Labute approximate surface area is 158 Å². The van der Waals surface area contributed by atoms with Crippen LogP contribution < -0.4 is 0 Å². The van der Waals surface area contributed by atoms with E-state index in [1.54, 1.807) is 18.2 Å². The number of hydrogen-bond acceptors (Lipinski definition) is 4. The molecule has 1 aliphatic rings. The summed E-state index contributed by atoms with van der Waals surface area (Å²) < 4.78 is 18.7. The molecular weight excluding hydrogens is 345 g/mol. The molecule has 3 rings (SSSR count). The second kappa shape index (κ2) is 8.01. The highest BCUT2D eigenvalue weighted by atomic mass is 19.1. The molecule has 1 aliphatic heterocycles. The van der Waals surface area contributed by atoms with Gasteiger partial charge in [0.05, 0.1) is 18.2 Å². The van der Waals surface area contributed by atoms with E-state index in [1.807, 2.05) is 19.1 Å². The van der Waals surface area contributed by atoms with Crippen molar-refractivity contribution < 1.29 is 19.0 Å². The van der Waals surface area contributed by atoms with Gasteiger partial charge in [0.15, 0.2) is 0 Å². The highest BCUT2D eigenvalue weighted by molar-refractivity contribution is 5.75. The van der Waals surface area contributed by atoms with Crippen LogP contribution in [0.25, 0.3) is 17.3 Å². The lowest BCUT2D eigenvalue weighted by atomic mass is 9.92. The van der Waals surface area contributed by atoms with E-state index in [9.17, 15) is 14.3 Å². The first-order valence-electron chi connectivity index (χ1n) is 9.16. The number of rotatable bonds is 4. The molecule has 1 aromatic carbocycles. The summed E-state index contributed by atoms with van der Waals surface area (Å²) in [6.07, 6.45) is 2.96. The summed E-state index contributed by atoms with van der Waals surface area (Å²) in [6.45, 7) is 6.14. The third-order valence-electron chi connectivity index (χ3n) is 4.63. The Kier molecular flexibility index (Phi) is 5.71. The number of carbonyl (C=O) groups excluding carboxylic acids is 1. The van der Waals surface area contributed by atoms with Gasteiger partial charge in [-0.05, 0) is 54.8 Å². The molecule has 0 bridgehead atoms. The molecule has 0 amide bonds. The normalized spacial score (nSPS) is 20.3. The number of cyclic esters (lactones) is 1. The molecule has 0 spiro atoms. The molecule has 1 saturated heterocycles. The molecule has 2 heterocycles. The van der Waals surface area contributed by atoms with Crippen molar-refractivity contribution in [2.24, 2.45) is 0 Å². The Balaban J connectivity index is 2.05. The fourth-order valence-electron chi connectivity index (χ4n) is 3.32. The minimum absolute atomic E-state index is 0.0362.